The van der Waals surface area contributed by atoms with Gasteiger partial charge in [0.2, 0.25) is 5.91 Å². The summed E-state index contributed by atoms with van der Waals surface area (Å²) in [5.41, 5.74) is 4.22. The van der Waals surface area contributed by atoms with Gasteiger partial charge in [0.25, 0.3) is 0 Å². The molecule has 1 fully saturated rings. The van der Waals surface area contributed by atoms with E-state index in [9.17, 15) is 4.79 Å². The molecule has 136 valence electrons. The average molecular weight is 349 g/mol. The van der Waals surface area contributed by atoms with E-state index in [0.29, 0.717) is 12.5 Å². The molecule has 1 saturated heterocycles. The van der Waals surface area contributed by atoms with Gasteiger partial charge in [0.15, 0.2) is 0 Å². The van der Waals surface area contributed by atoms with E-state index in [1.807, 2.05) is 12.1 Å². The highest BCUT2D eigenvalue weighted by molar-refractivity contribution is 5.76. The second-order valence-corrected chi connectivity index (χ2v) is 7.44. The number of aryl methyl sites for hydroxylation is 2. The molecule has 1 aromatic carbocycles. The van der Waals surface area contributed by atoms with Gasteiger partial charge in [-0.2, -0.15) is 0 Å². The fourth-order valence-corrected chi connectivity index (χ4v) is 4.29. The van der Waals surface area contributed by atoms with Crippen LogP contribution in [0, 0.1) is 0 Å². The molecule has 0 N–H and O–H groups in total. The van der Waals surface area contributed by atoms with Crippen LogP contribution in [0.3, 0.4) is 0 Å². The van der Waals surface area contributed by atoms with E-state index in [-0.39, 0.29) is 5.91 Å². The highest BCUT2D eigenvalue weighted by atomic mass is 16.2. The summed E-state index contributed by atoms with van der Waals surface area (Å²) in [5.74, 6) is 0.287. The Morgan fingerprint density at radius 1 is 1.00 bits per heavy atom. The quantitative estimate of drug-likeness (QED) is 0.852. The SMILES string of the molecule is O=C(CCc1ccncc1)N1CCN(C2CCc3ccccc3C2)CC1. The molecule has 1 unspecified atom stereocenters. The maximum Gasteiger partial charge on any atom is 0.222 e. The topological polar surface area (TPSA) is 36.4 Å². The number of carbonyl (C=O) groups excluding carboxylic acids is 1. The number of carbonyl (C=O) groups is 1. The van der Waals surface area contributed by atoms with Gasteiger partial charge in [-0.1, -0.05) is 24.3 Å². The van der Waals surface area contributed by atoms with E-state index in [1.54, 1.807) is 12.4 Å². The molecular weight excluding hydrogens is 322 g/mol. The molecule has 1 aliphatic carbocycles. The van der Waals surface area contributed by atoms with Crippen LogP contribution < -0.4 is 0 Å². The van der Waals surface area contributed by atoms with Crippen molar-refractivity contribution in [3.63, 3.8) is 0 Å². The van der Waals surface area contributed by atoms with Gasteiger partial charge in [-0.05, 0) is 54.5 Å². The van der Waals surface area contributed by atoms with Gasteiger partial charge in [-0.25, -0.2) is 0 Å². The molecular formula is C22H27N3O. The van der Waals surface area contributed by atoms with Gasteiger partial charge < -0.3 is 4.90 Å². The summed E-state index contributed by atoms with van der Waals surface area (Å²) in [6, 6.07) is 13.5. The highest BCUT2D eigenvalue weighted by Gasteiger charge is 2.28. The summed E-state index contributed by atoms with van der Waals surface area (Å²) < 4.78 is 0. The minimum Gasteiger partial charge on any atom is -0.340 e. The first-order valence-corrected chi connectivity index (χ1v) is 9.77. The van der Waals surface area contributed by atoms with Crippen molar-refractivity contribution in [2.45, 2.75) is 38.1 Å². The van der Waals surface area contributed by atoms with Gasteiger partial charge >= 0.3 is 0 Å². The molecule has 2 aromatic rings. The van der Waals surface area contributed by atoms with E-state index in [4.69, 9.17) is 0 Å². The number of pyridine rings is 1. The molecule has 1 aliphatic heterocycles. The summed E-state index contributed by atoms with van der Waals surface area (Å²) in [7, 11) is 0. The van der Waals surface area contributed by atoms with Gasteiger partial charge in [-0.15, -0.1) is 0 Å². The molecule has 0 saturated carbocycles. The second kappa shape index (κ2) is 8.00. The molecule has 4 heteroatoms. The van der Waals surface area contributed by atoms with Crippen molar-refractivity contribution >= 4 is 5.91 Å². The van der Waals surface area contributed by atoms with Gasteiger partial charge in [0, 0.05) is 51.0 Å². The summed E-state index contributed by atoms with van der Waals surface area (Å²) in [4.78, 5) is 21.2. The Hall–Kier alpha value is -2.20. The number of nitrogens with zero attached hydrogens (tertiary/aromatic N) is 3. The van der Waals surface area contributed by atoms with Crippen LogP contribution in [0.1, 0.15) is 29.5 Å². The van der Waals surface area contributed by atoms with Crippen LogP contribution in [0.25, 0.3) is 0 Å². The first-order chi connectivity index (χ1) is 12.8. The fourth-order valence-electron chi connectivity index (χ4n) is 4.29. The Labute approximate surface area is 155 Å². The maximum absolute atomic E-state index is 12.5. The van der Waals surface area contributed by atoms with E-state index < -0.39 is 0 Å². The van der Waals surface area contributed by atoms with Crippen molar-refractivity contribution in [3.05, 3.63) is 65.5 Å². The fraction of sp³-hybridized carbons (Fsp3) is 0.455. The zero-order chi connectivity index (χ0) is 17.8. The van der Waals surface area contributed by atoms with Gasteiger partial charge in [-0.3, -0.25) is 14.7 Å². The summed E-state index contributed by atoms with van der Waals surface area (Å²) >= 11 is 0. The zero-order valence-corrected chi connectivity index (χ0v) is 15.3. The van der Waals surface area contributed by atoms with E-state index in [0.717, 1.165) is 39.0 Å². The number of hydrogen-bond acceptors (Lipinski definition) is 3. The first kappa shape index (κ1) is 17.2. The maximum atomic E-state index is 12.5. The van der Waals surface area contributed by atoms with Crippen LogP contribution >= 0.6 is 0 Å². The van der Waals surface area contributed by atoms with E-state index in [1.165, 1.54) is 29.5 Å². The Morgan fingerprint density at radius 3 is 2.50 bits per heavy atom. The number of amides is 1. The van der Waals surface area contributed by atoms with Crippen LogP contribution in [0.4, 0.5) is 0 Å². The zero-order valence-electron chi connectivity index (χ0n) is 15.3. The Morgan fingerprint density at radius 2 is 1.73 bits per heavy atom. The highest BCUT2D eigenvalue weighted by Crippen LogP contribution is 2.25. The summed E-state index contributed by atoms with van der Waals surface area (Å²) in [6.45, 7) is 3.75. The Bertz CT molecular complexity index is 738. The molecule has 2 heterocycles. The summed E-state index contributed by atoms with van der Waals surface area (Å²) in [5, 5.41) is 0. The summed E-state index contributed by atoms with van der Waals surface area (Å²) in [6.07, 6.45) is 8.58. The van der Waals surface area contributed by atoms with Crippen molar-refractivity contribution in [2.75, 3.05) is 26.2 Å². The van der Waals surface area contributed by atoms with Crippen LogP contribution in [0.5, 0.6) is 0 Å². The molecule has 0 radical (unpaired) electrons. The largest absolute Gasteiger partial charge is 0.340 e. The van der Waals surface area contributed by atoms with Crippen LogP contribution in [0.15, 0.2) is 48.8 Å². The Kier molecular flexibility index (Phi) is 5.30. The molecule has 4 nitrogen and oxygen atoms in total. The van der Waals surface area contributed by atoms with Crippen molar-refractivity contribution in [1.29, 1.82) is 0 Å². The molecule has 1 aromatic heterocycles. The minimum absolute atomic E-state index is 0.287. The normalized spacial score (nSPS) is 20.6. The standard InChI is InChI=1S/C22H27N3O/c26-22(8-5-18-9-11-23-12-10-18)25-15-13-24(14-16-25)21-7-6-19-3-1-2-4-20(19)17-21/h1-4,9-12,21H,5-8,13-17H2. The van der Waals surface area contributed by atoms with Crippen molar-refractivity contribution in [3.8, 4) is 0 Å². The lowest BCUT2D eigenvalue weighted by atomic mass is 9.87. The second-order valence-electron chi connectivity index (χ2n) is 7.44. The van der Waals surface area contributed by atoms with E-state index >= 15 is 0 Å². The number of hydrogen-bond donors (Lipinski definition) is 0. The monoisotopic (exact) mass is 349 g/mol. The predicted octanol–water partition coefficient (Wildman–Crippen LogP) is 2.72. The molecule has 2 aliphatic rings. The number of rotatable bonds is 4. The molecule has 1 atom stereocenters. The molecule has 0 bridgehead atoms. The lowest BCUT2D eigenvalue weighted by Gasteiger charge is -2.41. The van der Waals surface area contributed by atoms with Crippen LogP contribution in [0.2, 0.25) is 0 Å². The molecule has 26 heavy (non-hydrogen) atoms. The molecule has 0 spiro atoms. The van der Waals surface area contributed by atoms with Gasteiger partial charge in [0.1, 0.15) is 0 Å². The third-order valence-corrected chi connectivity index (χ3v) is 5.88. The number of aromatic nitrogens is 1. The minimum atomic E-state index is 0.287. The number of benzene rings is 1. The van der Waals surface area contributed by atoms with Crippen molar-refractivity contribution < 1.29 is 4.79 Å². The lowest BCUT2D eigenvalue weighted by molar-refractivity contribution is -0.133. The van der Waals surface area contributed by atoms with Crippen LogP contribution in [-0.2, 0) is 24.1 Å². The molecule has 1 amide bonds. The third-order valence-electron chi connectivity index (χ3n) is 5.88. The number of fused-ring (bicyclic) bond motifs is 1. The smallest absolute Gasteiger partial charge is 0.222 e. The lowest BCUT2D eigenvalue weighted by Crippen LogP contribution is -2.53. The third kappa shape index (κ3) is 3.96. The Balaban J connectivity index is 1.26. The van der Waals surface area contributed by atoms with Crippen molar-refractivity contribution in [2.24, 2.45) is 0 Å². The van der Waals surface area contributed by atoms with Crippen LogP contribution in [-0.4, -0.2) is 52.9 Å². The number of piperazine rings is 1. The average Bonchev–Trinajstić information content (AvgIpc) is 2.72. The first-order valence-electron chi connectivity index (χ1n) is 9.77. The van der Waals surface area contributed by atoms with E-state index in [2.05, 4.69) is 39.0 Å². The van der Waals surface area contributed by atoms with Crippen molar-refractivity contribution in [1.82, 2.24) is 14.8 Å². The molecule has 4 rings (SSSR count). The van der Waals surface area contributed by atoms with Gasteiger partial charge in [0.05, 0.1) is 0 Å². The predicted molar refractivity (Wildman–Crippen MR) is 103 cm³/mol.